The minimum Gasteiger partial charge on any atom is -0.394 e. The summed E-state index contributed by atoms with van der Waals surface area (Å²) in [5.74, 6) is 0.420. The van der Waals surface area contributed by atoms with Crippen LogP contribution < -0.4 is 10.6 Å². The van der Waals surface area contributed by atoms with Crippen molar-refractivity contribution >= 4 is 23.4 Å². The highest BCUT2D eigenvalue weighted by Gasteiger charge is 2.19. The second-order valence-electron chi connectivity index (χ2n) is 5.68. The van der Waals surface area contributed by atoms with Gasteiger partial charge in [0.2, 0.25) is 0 Å². The SMILES string of the molecule is Cc1cc(NC(=O)NC(C)(C)CO)nn1-c1cccc(Cl)c1. The van der Waals surface area contributed by atoms with E-state index < -0.39 is 11.6 Å². The lowest BCUT2D eigenvalue weighted by Gasteiger charge is -2.23. The van der Waals surface area contributed by atoms with E-state index in [1.807, 2.05) is 19.1 Å². The Labute approximate surface area is 134 Å². The number of aliphatic hydroxyl groups is 1. The maximum Gasteiger partial charge on any atom is 0.320 e. The summed E-state index contributed by atoms with van der Waals surface area (Å²) in [6.45, 7) is 5.18. The molecule has 0 bridgehead atoms. The van der Waals surface area contributed by atoms with Crippen molar-refractivity contribution in [3.63, 3.8) is 0 Å². The summed E-state index contributed by atoms with van der Waals surface area (Å²) in [5.41, 5.74) is 0.974. The monoisotopic (exact) mass is 322 g/mol. The molecule has 22 heavy (non-hydrogen) atoms. The molecule has 0 fully saturated rings. The minimum absolute atomic E-state index is 0.156. The van der Waals surface area contributed by atoms with Crippen LogP contribution in [0.5, 0.6) is 0 Å². The molecule has 2 rings (SSSR count). The van der Waals surface area contributed by atoms with Gasteiger partial charge in [0.1, 0.15) is 0 Å². The number of hydrogen-bond acceptors (Lipinski definition) is 3. The fraction of sp³-hybridized carbons (Fsp3) is 0.333. The third-order valence-corrected chi connectivity index (χ3v) is 3.26. The Morgan fingerprint density at radius 3 is 2.77 bits per heavy atom. The number of carbonyl (C=O) groups is 1. The number of aryl methyl sites for hydroxylation is 1. The third-order valence-electron chi connectivity index (χ3n) is 3.03. The number of halogens is 1. The molecule has 0 aliphatic rings. The first kappa shape index (κ1) is 16.3. The molecule has 2 aromatic rings. The number of amides is 2. The average Bonchev–Trinajstić information content (AvgIpc) is 2.78. The molecular formula is C15H19ClN4O2. The van der Waals surface area contributed by atoms with Crippen LogP contribution in [0.25, 0.3) is 5.69 Å². The number of nitrogens with zero attached hydrogens (tertiary/aromatic N) is 2. The van der Waals surface area contributed by atoms with Gasteiger partial charge >= 0.3 is 6.03 Å². The molecule has 3 N–H and O–H groups in total. The molecule has 7 heteroatoms. The van der Waals surface area contributed by atoms with Crippen LogP contribution in [0.1, 0.15) is 19.5 Å². The van der Waals surface area contributed by atoms with E-state index in [-0.39, 0.29) is 6.61 Å². The van der Waals surface area contributed by atoms with Crippen molar-refractivity contribution in [2.24, 2.45) is 0 Å². The Kier molecular flexibility index (Phi) is 4.73. The van der Waals surface area contributed by atoms with Crippen molar-refractivity contribution in [2.75, 3.05) is 11.9 Å². The summed E-state index contributed by atoms with van der Waals surface area (Å²) in [5, 5.41) is 19.4. The van der Waals surface area contributed by atoms with E-state index in [4.69, 9.17) is 16.7 Å². The standard InChI is InChI=1S/C15H19ClN4O2/c1-10-7-13(17-14(22)18-15(2,3)9-21)19-20(10)12-6-4-5-11(16)8-12/h4-8,21H,9H2,1-3H3,(H2,17,18,19,22). The molecule has 1 heterocycles. The number of rotatable bonds is 4. The predicted octanol–water partition coefficient (Wildman–Crippen LogP) is 2.73. The van der Waals surface area contributed by atoms with Gasteiger partial charge in [-0.05, 0) is 39.0 Å². The summed E-state index contributed by atoms with van der Waals surface area (Å²) in [4.78, 5) is 11.9. The largest absolute Gasteiger partial charge is 0.394 e. The second-order valence-corrected chi connectivity index (χ2v) is 6.12. The van der Waals surface area contributed by atoms with Gasteiger partial charge in [0.05, 0.1) is 17.8 Å². The van der Waals surface area contributed by atoms with Gasteiger partial charge in [-0.2, -0.15) is 0 Å². The summed E-state index contributed by atoms with van der Waals surface area (Å²) < 4.78 is 1.69. The van der Waals surface area contributed by atoms with E-state index in [0.29, 0.717) is 10.8 Å². The molecule has 0 saturated carbocycles. The number of anilines is 1. The molecule has 0 spiro atoms. The summed E-state index contributed by atoms with van der Waals surface area (Å²) in [6, 6.07) is 8.63. The van der Waals surface area contributed by atoms with Gasteiger partial charge in [0.25, 0.3) is 0 Å². The first-order chi connectivity index (χ1) is 10.3. The predicted molar refractivity (Wildman–Crippen MR) is 86.6 cm³/mol. The molecule has 2 amide bonds. The number of urea groups is 1. The summed E-state index contributed by atoms with van der Waals surface area (Å²) in [7, 11) is 0. The number of aliphatic hydroxyl groups excluding tert-OH is 1. The zero-order valence-electron chi connectivity index (χ0n) is 12.7. The van der Waals surface area contributed by atoms with Crippen LogP contribution in [0.2, 0.25) is 5.02 Å². The maximum absolute atomic E-state index is 11.9. The van der Waals surface area contributed by atoms with Crippen molar-refractivity contribution in [2.45, 2.75) is 26.3 Å². The van der Waals surface area contributed by atoms with E-state index in [1.54, 1.807) is 36.7 Å². The second kappa shape index (κ2) is 6.37. The zero-order chi connectivity index (χ0) is 16.3. The number of hydrogen-bond donors (Lipinski definition) is 3. The Morgan fingerprint density at radius 2 is 2.14 bits per heavy atom. The zero-order valence-corrected chi connectivity index (χ0v) is 13.5. The molecule has 0 saturated heterocycles. The Bertz CT molecular complexity index is 682. The van der Waals surface area contributed by atoms with Gasteiger partial charge in [-0.25, -0.2) is 9.48 Å². The number of carbonyl (C=O) groups excluding carboxylic acids is 1. The van der Waals surface area contributed by atoms with E-state index in [2.05, 4.69) is 15.7 Å². The molecule has 6 nitrogen and oxygen atoms in total. The van der Waals surface area contributed by atoms with Gasteiger partial charge in [0.15, 0.2) is 5.82 Å². The van der Waals surface area contributed by atoms with Crippen molar-refractivity contribution in [1.29, 1.82) is 0 Å². The summed E-state index contributed by atoms with van der Waals surface area (Å²) in [6.07, 6.45) is 0. The van der Waals surface area contributed by atoms with Crippen molar-refractivity contribution < 1.29 is 9.90 Å². The number of benzene rings is 1. The van der Waals surface area contributed by atoms with E-state index >= 15 is 0 Å². The first-order valence-electron chi connectivity index (χ1n) is 6.83. The summed E-state index contributed by atoms with van der Waals surface area (Å²) >= 11 is 5.98. The molecule has 118 valence electrons. The lowest BCUT2D eigenvalue weighted by molar-refractivity contribution is 0.187. The lowest BCUT2D eigenvalue weighted by Crippen LogP contribution is -2.48. The van der Waals surface area contributed by atoms with Crippen LogP contribution in [-0.2, 0) is 0 Å². The smallest absolute Gasteiger partial charge is 0.320 e. The molecular weight excluding hydrogens is 304 g/mol. The topological polar surface area (TPSA) is 79.2 Å². The molecule has 1 aromatic heterocycles. The van der Waals surface area contributed by atoms with Gasteiger partial charge in [-0.3, -0.25) is 5.32 Å². The lowest BCUT2D eigenvalue weighted by atomic mass is 10.1. The van der Waals surface area contributed by atoms with Gasteiger partial charge < -0.3 is 10.4 Å². The van der Waals surface area contributed by atoms with E-state index in [0.717, 1.165) is 11.4 Å². The number of aromatic nitrogens is 2. The first-order valence-corrected chi connectivity index (χ1v) is 7.21. The molecule has 0 aliphatic heterocycles. The Hall–Kier alpha value is -2.05. The van der Waals surface area contributed by atoms with Gasteiger partial charge in [-0.15, -0.1) is 5.10 Å². The van der Waals surface area contributed by atoms with Crippen molar-refractivity contribution in [3.8, 4) is 5.69 Å². The van der Waals surface area contributed by atoms with E-state index in [9.17, 15) is 4.79 Å². The quantitative estimate of drug-likeness (QED) is 0.809. The van der Waals surface area contributed by atoms with Crippen molar-refractivity contribution in [1.82, 2.24) is 15.1 Å². The van der Waals surface area contributed by atoms with Gasteiger partial charge in [-0.1, -0.05) is 17.7 Å². The van der Waals surface area contributed by atoms with Crippen LogP contribution in [0.4, 0.5) is 10.6 Å². The van der Waals surface area contributed by atoms with Crippen LogP contribution >= 0.6 is 11.6 Å². The minimum atomic E-state index is -0.700. The average molecular weight is 323 g/mol. The normalized spacial score (nSPS) is 11.3. The van der Waals surface area contributed by atoms with Crippen LogP contribution in [0, 0.1) is 6.92 Å². The highest BCUT2D eigenvalue weighted by molar-refractivity contribution is 6.30. The Balaban J connectivity index is 2.15. The third kappa shape index (κ3) is 3.99. The fourth-order valence-electron chi connectivity index (χ4n) is 1.90. The van der Waals surface area contributed by atoms with Gasteiger partial charge in [0, 0.05) is 16.8 Å². The van der Waals surface area contributed by atoms with Crippen LogP contribution in [0.3, 0.4) is 0 Å². The van der Waals surface area contributed by atoms with Crippen LogP contribution in [0.15, 0.2) is 30.3 Å². The molecule has 0 unspecified atom stereocenters. The molecule has 0 radical (unpaired) electrons. The highest BCUT2D eigenvalue weighted by atomic mass is 35.5. The van der Waals surface area contributed by atoms with Crippen molar-refractivity contribution in [3.05, 3.63) is 41.0 Å². The maximum atomic E-state index is 11.9. The van der Waals surface area contributed by atoms with E-state index in [1.165, 1.54) is 0 Å². The molecule has 1 aromatic carbocycles. The molecule has 0 atom stereocenters. The van der Waals surface area contributed by atoms with Crippen LogP contribution in [-0.4, -0.2) is 33.1 Å². The highest BCUT2D eigenvalue weighted by Crippen LogP contribution is 2.18. The number of nitrogens with one attached hydrogen (secondary N) is 2. The Morgan fingerprint density at radius 1 is 1.41 bits per heavy atom. The fourth-order valence-corrected chi connectivity index (χ4v) is 2.08. The molecule has 0 aliphatic carbocycles.